The normalized spacial score (nSPS) is 12.8. The summed E-state index contributed by atoms with van der Waals surface area (Å²) in [6.07, 6.45) is 3.38. The highest BCUT2D eigenvalue weighted by atomic mass is 16.5. The molecule has 0 unspecified atom stereocenters. The molecule has 0 bridgehead atoms. The summed E-state index contributed by atoms with van der Waals surface area (Å²) in [5.41, 5.74) is 3.03. The van der Waals surface area contributed by atoms with Crippen LogP contribution in [0.1, 0.15) is 28.2 Å². The lowest BCUT2D eigenvalue weighted by atomic mass is 9.86. The van der Waals surface area contributed by atoms with Gasteiger partial charge in [0.1, 0.15) is 17.4 Å². The SMILES string of the molecule is C=Cc1ccc2c(c1)C(C(=O)O)c1cc(C=C)ccc1O2. The van der Waals surface area contributed by atoms with E-state index in [1.54, 1.807) is 24.3 Å². The van der Waals surface area contributed by atoms with Gasteiger partial charge in [0.15, 0.2) is 0 Å². The fourth-order valence-electron chi connectivity index (χ4n) is 2.58. The maximum absolute atomic E-state index is 11.8. The molecular weight excluding hydrogens is 264 g/mol. The molecule has 0 radical (unpaired) electrons. The Morgan fingerprint density at radius 1 is 1.00 bits per heavy atom. The Morgan fingerprint density at radius 3 is 1.86 bits per heavy atom. The van der Waals surface area contributed by atoms with Gasteiger partial charge < -0.3 is 9.84 Å². The van der Waals surface area contributed by atoms with Crippen LogP contribution in [0.25, 0.3) is 12.2 Å². The summed E-state index contributed by atoms with van der Waals surface area (Å²) in [4.78, 5) is 11.8. The molecule has 3 rings (SSSR count). The molecule has 2 aromatic carbocycles. The molecule has 0 amide bonds. The Labute approximate surface area is 122 Å². The Bertz CT molecular complexity index is 702. The number of hydrogen-bond donors (Lipinski definition) is 1. The van der Waals surface area contributed by atoms with Crippen molar-refractivity contribution in [3.63, 3.8) is 0 Å². The van der Waals surface area contributed by atoms with E-state index >= 15 is 0 Å². The molecule has 1 N–H and O–H groups in total. The van der Waals surface area contributed by atoms with Gasteiger partial charge >= 0.3 is 5.97 Å². The Balaban J connectivity index is 2.23. The number of benzene rings is 2. The van der Waals surface area contributed by atoms with Crippen LogP contribution < -0.4 is 4.74 Å². The van der Waals surface area contributed by atoms with Gasteiger partial charge in [-0.2, -0.15) is 0 Å². The van der Waals surface area contributed by atoms with E-state index in [2.05, 4.69) is 13.2 Å². The predicted octanol–water partition coefficient (Wildman–Crippen LogP) is 4.29. The molecule has 0 fully saturated rings. The van der Waals surface area contributed by atoms with E-state index in [4.69, 9.17) is 4.74 Å². The molecule has 0 saturated carbocycles. The highest BCUT2D eigenvalue weighted by molar-refractivity contribution is 5.84. The van der Waals surface area contributed by atoms with Gasteiger partial charge in [0.05, 0.1) is 0 Å². The lowest BCUT2D eigenvalue weighted by Gasteiger charge is -2.26. The smallest absolute Gasteiger partial charge is 0.315 e. The first kappa shape index (κ1) is 13.2. The number of rotatable bonds is 3. The predicted molar refractivity (Wildman–Crippen MR) is 82.6 cm³/mol. The minimum atomic E-state index is -0.900. The Morgan fingerprint density at radius 2 is 1.48 bits per heavy atom. The number of hydrogen-bond acceptors (Lipinski definition) is 2. The lowest BCUT2D eigenvalue weighted by Crippen LogP contribution is -2.18. The zero-order chi connectivity index (χ0) is 15.0. The van der Waals surface area contributed by atoms with E-state index < -0.39 is 11.9 Å². The van der Waals surface area contributed by atoms with Crippen molar-refractivity contribution in [3.05, 3.63) is 71.8 Å². The molecule has 21 heavy (non-hydrogen) atoms. The summed E-state index contributed by atoms with van der Waals surface area (Å²) in [7, 11) is 0. The van der Waals surface area contributed by atoms with Gasteiger partial charge in [0, 0.05) is 11.1 Å². The van der Waals surface area contributed by atoms with Gasteiger partial charge in [-0.3, -0.25) is 4.79 Å². The summed E-state index contributed by atoms with van der Waals surface area (Å²) < 4.78 is 5.82. The highest BCUT2D eigenvalue weighted by Crippen LogP contribution is 2.45. The van der Waals surface area contributed by atoms with E-state index in [0.29, 0.717) is 22.6 Å². The molecule has 0 saturated heterocycles. The van der Waals surface area contributed by atoms with Crippen molar-refractivity contribution in [2.45, 2.75) is 5.92 Å². The summed E-state index contributed by atoms with van der Waals surface area (Å²) in [6, 6.07) is 10.9. The maximum Gasteiger partial charge on any atom is 0.315 e. The van der Waals surface area contributed by atoms with Gasteiger partial charge in [-0.25, -0.2) is 0 Å². The second kappa shape index (κ2) is 4.94. The van der Waals surface area contributed by atoms with Crippen molar-refractivity contribution in [1.29, 1.82) is 0 Å². The summed E-state index contributed by atoms with van der Waals surface area (Å²) in [5, 5.41) is 9.65. The van der Waals surface area contributed by atoms with Gasteiger partial charge in [-0.05, 0) is 35.4 Å². The minimum Gasteiger partial charge on any atom is -0.481 e. The molecule has 0 spiro atoms. The molecular formula is C18H14O3. The van der Waals surface area contributed by atoms with E-state index in [-0.39, 0.29) is 0 Å². The zero-order valence-electron chi connectivity index (χ0n) is 11.4. The van der Waals surface area contributed by atoms with Gasteiger partial charge in [0.2, 0.25) is 0 Å². The van der Waals surface area contributed by atoms with Crippen LogP contribution >= 0.6 is 0 Å². The van der Waals surface area contributed by atoms with Crippen LogP contribution in [0.3, 0.4) is 0 Å². The zero-order valence-corrected chi connectivity index (χ0v) is 11.4. The molecule has 0 aromatic heterocycles. The number of aliphatic carboxylic acids is 1. The molecule has 0 aliphatic carbocycles. The van der Waals surface area contributed by atoms with Crippen molar-refractivity contribution in [3.8, 4) is 11.5 Å². The summed E-state index contributed by atoms with van der Waals surface area (Å²) >= 11 is 0. The van der Waals surface area contributed by atoms with Crippen molar-refractivity contribution < 1.29 is 14.6 Å². The first-order valence-electron chi connectivity index (χ1n) is 6.57. The van der Waals surface area contributed by atoms with Gasteiger partial charge in [0.25, 0.3) is 0 Å². The van der Waals surface area contributed by atoms with Crippen LogP contribution in [0, 0.1) is 0 Å². The summed E-state index contributed by atoms with van der Waals surface area (Å²) in [5.74, 6) is -0.495. The van der Waals surface area contributed by atoms with Crippen molar-refractivity contribution in [1.82, 2.24) is 0 Å². The van der Waals surface area contributed by atoms with Gasteiger partial charge in [-0.1, -0.05) is 37.4 Å². The van der Waals surface area contributed by atoms with E-state index in [1.807, 2.05) is 24.3 Å². The lowest BCUT2D eigenvalue weighted by molar-refractivity contribution is -0.137. The molecule has 104 valence electrons. The number of carboxylic acids is 1. The molecule has 1 aliphatic heterocycles. The van der Waals surface area contributed by atoms with Crippen LogP contribution in [-0.2, 0) is 4.79 Å². The minimum absolute atomic E-state index is 0.576. The molecule has 0 atom stereocenters. The van der Waals surface area contributed by atoms with Crippen LogP contribution in [0.4, 0.5) is 0 Å². The number of fused-ring (bicyclic) bond motifs is 2. The standard InChI is InChI=1S/C18H14O3/c1-3-11-5-7-15-13(9-11)17(18(19)20)14-10-12(4-2)6-8-16(14)21-15/h3-10,17H,1-2H2,(H,19,20). The molecule has 2 aromatic rings. The number of carbonyl (C=O) groups is 1. The molecule has 1 heterocycles. The van der Waals surface area contributed by atoms with E-state index in [9.17, 15) is 9.90 Å². The van der Waals surface area contributed by atoms with Crippen molar-refractivity contribution >= 4 is 18.1 Å². The monoisotopic (exact) mass is 278 g/mol. The second-order valence-electron chi connectivity index (χ2n) is 4.88. The second-order valence-corrected chi connectivity index (χ2v) is 4.88. The third-order valence-corrected chi connectivity index (χ3v) is 3.63. The maximum atomic E-state index is 11.8. The average molecular weight is 278 g/mol. The highest BCUT2D eigenvalue weighted by Gasteiger charge is 2.32. The van der Waals surface area contributed by atoms with Gasteiger partial charge in [-0.15, -0.1) is 0 Å². The molecule has 1 aliphatic rings. The van der Waals surface area contributed by atoms with E-state index in [0.717, 1.165) is 11.1 Å². The van der Waals surface area contributed by atoms with Crippen molar-refractivity contribution in [2.75, 3.05) is 0 Å². The van der Waals surface area contributed by atoms with Crippen LogP contribution in [0.15, 0.2) is 49.6 Å². The first-order chi connectivity index (χ1) is 10.1. The van der Waals surface area contributed by atoms with E-state index in [1.165, 1.54) is 0 Å². The first-order valence-corrected chi connectivity index (χ1v) is 6.57. The number of carboxylic acid groups (broad SMARTS) is 1. The largest absolute Gasteiger partial charge is 0.481 e. The number of ether oxygens (including phenoxy) is 1. The van der Waals surface area contributed by atoms with Crippen LogP contribution in [0.5, 0.6) is 11.5 Å². The fourth-order valence-corrected chi connectivity index (χ4v) is 2.58. The third kappa shape index (κ3) is 2.13. The Hall–Kier alpha value is -2.81. The van der Waals surface area contributed by atoms with Crippen LogP contribution in [0.2, 0.25) is 0 Å². The van der Waals surface area contributed by atoms with Crippen molar-refractivity contribution in [2.24, 2.45) is 0 Å². The quantitative estimate of drug-likeness (QED) is 0.910. The Kier molecular flexibility index (Phi) is 3.10. The van der Waals surface area contributed by atoms with Crippen LogP contribution in [-0.4, -0.2) is 11.1 Å². The summed E-state index contributed by atoms with van der Waals surface area (Å²) in [6.45, 7) is 7.44. The average Bonchev–Trinajstić information content (AvgIpc) is 2.51. The molecule has 3 nitrogen and oxygen atoms in total. The topological polar surface area (TPSA) is 46.5 Å². The molecule has 3 heteroatoms. The fraction of sp³-hybridized carbons (Fsp3) is 0.0556. The third-order valence-electron chi connectivity index (χ3n) is 3.63.